The Morgan fingerprint density at radius 3 is 2.04 bits per heavy atom. The van der Waals surface area contributed by atoms with Crippen LogP contribution in [0.5, 0.6) is 17.2 Å². The van der Waals surface area contributed by atoms with Crippen molar-refractivity contribution in [1.82, 2.24) is 9.80 Å². The number of hydrogen-bond acceptors (Lipinski definition) is 6. The van der Waals surface area contributed by atoms with Gasteiger partial charge >= 0.3 is 5.97 Å². The van der Waals surface area contributed by atoms with Crippen LogP contribution in [0.25, 0.3) is 0 Å². The van der Waals surface area contributed by atoms with E-state index in [-0.39, 0.29) is 0 Å². The number of rotatable bonds is 7. The molecule has 7 heteroatoms. The fourth-order valence-electron chi connectivity index (χ4n) is 2.95. The van der Waals surface area contributed by atoms with Gasteiger partial charge in [0.25, 0.3) is 0 Å². The fourth-order valence-corrected chi connectivity index (χ4v) is 2.95. The van der Waals surface area contributed by atoms with Crippen LogP contribution in [0, 0.1) is 0 Å². The number of methoxy groups -OCH3 is 3. The molecule has 0 bridgehead atoms. The molecule has 0 aromatic heterocycles. The molecule has 0 spiro atoms. The molecule has 0 amide bonds. The van der Waals surface area contributed by atoms with E-state index in [1.165, 1.54) is 0 Å². The summed E-state index contributed by atoms with van der Waals surface area (Å²) in [7, 11) is 4.79. The molecule has 24 heavy (non-hydrogen) atoms. The maximum absolute atomic E-state index is 11.1. The second kappa shape index (κ2) is 8.21. The lowest BCUT2D eigenvalue weighted by atomic mass is 10.1. The summed E-state index contributed by atoms with van der Waals surface area (Å²) in [5.74, 6) is 1.10. The Morgan fingerprint density at radius 2 is 1.62 bits per heavy atom. The first-order chi connectivity index (χ1) is 11.5. The number of piperazine rings is 1. The molecule has 1 fully saturated rings. The highest BCUT2D eigenvalue weighted by Gasteiger charge is 2.25. The Balaban J connectivity index is 2.03. The van der Waals surface area contributed by atoms with Crippen LogP contribution in [0.15, 0.2) is 12.1 Å². The van der Waals surface area contributed by atoms with Crippen molar-refractivity contribution in [2.24, 2.45) is 0 Å². The van der Waals surface area contributed by atoms with Gasteiger partial charge in [0.1, 0.15) is 6.04 Å². The summed E-state index contributed by atoms with van der Waals surface area (Å²) >= 11 is 0. The Labute approximate surface area is 142 Å². The lowest BCUT2D eigenvalue weighted by Gasteiger charge is -2.36. The van der Waals surface area contributed by atoms with Crippen LogP contribution in [0.2, 0.25) is 0 Å². The zero-order valence-corrected chi connectivity index (χ0v) is 14.7. The summed E-state index contributed by atoms with van der Waals surface area (Å²) in [5.41, 5.74) is 1.07. The Kier molecular flexibility index (Phi) is 6.28. The summed E-state index contributed by atoms with van der Waals surface area (Å²) < 4.78 is 16.1. The molecule has 0 saturated carbocycles. The minimum Gasteiger partial charge on any atom is -0.493 e. The van der Waals surface area contributed by atoms with Gasteiger partial charge in [0.2, 0.25) is 5.75 Å². The van der Waals surface area contributed by atoms with E-state index in [1.54, 1.807) is 28.3 Å². The van der Waals surface area contributed by atoms with Gasteiger partial charge in [-0.1, -0.05) is 0 Å². The van der Waals surface area contributed by atoms with Crippen LogP contribution in [0.3, 0.4) is 0 Å². The number of carboxylic acids is 1. The number of benzene rings is 1. The van der Waals surface area contributed by atoms with Gasteiger partial charge < -0.3 is 19.3 Å². The third-order valence-electron chi connectivity index (χ3n) is 4.44. The van der Waals surface area contributed by atoms with Gasteiger partial charge in [0, 0.05) is 32.7 Å². The van der Waals surface area contributed by atoms with E-state index in [2.05, 4.69) is 4.90 Å². The van der Waals surface area contributed by atoms with Gasteiger partial charge in [0.15, 0.2) is 11.5 Å². The largest absolute Gasteiger partial charge is 0.493 e. The Bertz CT molecular complexity index is 545. The van der Waals surface area contributed by atoms with Crippen molar-refractivity contribution in [2.75, 3.05) is 47.5 Å². The first-order valence-electron chi connectivity index (χ1n) is 7.98. The first kappa shape index (κ1) is 18.4. The van der Waals surface area contributed by atoms with Crippen LogP contribution in [-0.2, 0) is 11.3 Å². The van der Waals surface area contributed by atoms with Crippen LogP contribution < -0.4 is 14.2 Å². The van der Waals surface area contributed by atoms with Gasteiger partial charge in [-0.25, -0.2) is 0 Å². The van der Waals surface area contributed by atoms with Crippen LogP contribution >= 0.6 is 0 Å². The smallest absolute Gasteiger partial charge is 0.320 e. The molecule has 1 aromatic rings. The summed E-state index contributed by atoms with van der Waals surface area (Å²) in [6.07, 6.45) is 0. The third kappa shape index (κ3) is 4.10. The van der Waals surface area contributed by atoms with E-state index in [0.717, 1.165) is 38.3 Å². The summed E-state index contributed by atoms with van der Waals surface area (Å²) in [6, 6.07) is 3.47. The molecule has 1 atom stereocenters. The third-order valence-corrected chi connectivity index (χ3v) is 4.44. The molecule has 0 aliphatic carbocycles. The van der Waals surface area contributed by atoms with Gasteiger partial charge in [-0.15, -0.1) is 0 Å². The maximum Gasteiger partial charge on any atom is 0.320 e. The highest BCUT2D eigenvalue weighted by Crippen LogP contribution is 2.38. The summed E-state index contributed by atoms with van der Waals surface area (Å²) in [4.78, 5) is 15.4. The number of aliphatic carboxylic acids is 1. The fraction of sp³-hybridized carbons (Fsp3) is 0.588. The number of hydrogen-bond donors (Lipinski definition) is 1. The number of nitrogens with zero attached hydrogens (tertiary/aromatic N) is 2. The van der Waals surface area contributed by atoms with Gasteiger partial charge in [-0.05, 0) is 24.6 Å². The average Bonchev–Trinajstić information content (AvgIpc) is 2.60. The molecule has 1 aromatic carbocycles. The maximum atomic E-state index is 11.1. The molecule has 1 saturated heterocycles. The van der Waals surface area contributed by atoms with E-state index < -0.39 is 12.0 Å². The van der Waals surface area contributed by atoms with Crippen molar-refractivity contribution in [1.29, 1.82) is 0 Å². The second-order valence-corrected chi connectivity index (χ2v) is 5.86. The average molecular weight is 338 g/mol. The standard InChI is InChI=1S/C17H26N2O5/c1-12(17(20)21)19-7-5-18(6-8-19)11-13-9-14(22-2)16(24-4)15(10-13)23-3/h9-10,12H,5-8,11H2,1-4H3,(H,20,21). The van der Waals surface area contributed by atoms with Crippen LogP contribution in [0.4, 0.5) is 0 Å². The van der Waals surface area contributed by atoms with E-state index in [9.17, 15) is 4.79 Å². The minimum absolute atomic E-state index is 0.437. The van der Waals surface area contributed by atoms with Crippen LogP contribution in [0.1, 0.15) is 12.5 Å². The number of carbonyl (C=O) groups is 1. The van der Waals surface area contributed by atoms with Crippen molar-refractivity contribution in [3.8, 4) is 17.2 Å². The monoisotopic (exact) mass is 338 g/mol. The molecule has 1 aliphatic heterocycles. The molecule has 0 radical (unpaired) electrons. The highest BCUT2D eigenvalue weighted by atomic mass is 16.5. The van der Waals surface area contributed by atoms with Crippen molar-refractivity contribution in [3.63, 3.8) is 0 Å². The number of carboxylic acid groups (broad SMARTS) is 1. The predicted octanol–water partition coefficient (Wildman–Crippen LogP) is 1.30. The van der Waals surface area contributed by atoms with E-state index in [0.29, 0.717) is 17.2 Å². The summed E-state index contributed by atoms with van der Waals surface area (Å²) in [6.45, 7) is 5.64. The first-order valence-corrected chi connectivity index (χ1v) is 7.98. The molecule has 1 aliphatic rings. The van der Waals surface area contributed by atoms with Gasteiger partial charge in [-0.3, -0.25) is 14.6 Å². The van der Waals surface area contributed by atoms with Crippen molar-refractivity contribution in [3.05, 3.63) is 17.7 Å². The SMILES string of the molecule is COc1cc(CN2CCN(C(C)C(=O)O)CC2)cc(OC)c1OC. The van der Waals surface area contributed by atoms with Crippen molar-refractivity contribution < 1.29 is 24.1 Å². The summed E-state index contributed by atoms with van der Waals surface area (Å²) in [5, 5.41) is 9.11. The quantitative estimate of drug-likeness (QED) is 0.803. The Morgan fingerprint density at radius 1 is 1.08 bits per heavy atom. The number of ether oxygens (including phenoxy) is 3. The molecule has 7 nitrogen and oxygen atoms in total. The van der Waals surface area contributed by atoms with Gasteiger partial charge in [-0.2, -0.15) is 0 Å². The normalized spacial score (nSPS) is 17.3. The van der Waals surface area contributed by atoms with Gasteiger partial charge in [0.05, 0.1) is 21.3 Å². The Hall–Kier alpha value is -1.99. The van der Waals surface area contributed by atoms with E-state index in [1.807, 2.05) is 17.0 Å². The zero-order chi connectivity index (χ0) is 17.7. The molecule has 134 valence electrons. The molecule has 2 rings (SSSR count). The van der Waals surface area contributed by atoms with Crippen molar-refractivity contribution >= 4 is 5.97 Å². The molecule has 1 N–H and O–H groups in total. The zero-order valence-electron chi connectivity index (χ0n) is 14.7. The molecular formula is C17H26N2O5. The second-order valence-electron chi connectivity index (χ2n) is 5.86. The highest BCUT2D eigenvalue weighted by molar-refractivity contribution is 5.72. The topological polar surface area (TPSA) is 71.5 Å². The van der Waals surface area contributed by atoms with Crippen molar-refractivity contribution in [2.45, 2.75) is 19.5 Å². The lowest BCUT2D eigenvalue weighted by Crippen LogP contribution is -2.51. The minimum atomic E-state index is -0.770. The molecular weight excluding hydrogens is 312 g/mol. The lowest BCUT2D eigenvalue weighted by molar-refractivity contribution is -0.143. The predicted molar refractivity (Wildman–Crippen MR) is 90.0 cm³/mol. The van der Waals surface area contributed by atoms with E-state index >= 15 is 0 Å². The molecule has 1 heterocycles. The molecule has 1 unspecified atom stereocenters. The van der Waals surface area contributed by atoms with Crippen LogP contribution in [-0.4, -0.2) is 74.4 Å². The van der Waals surface area contributed by atoms with E-state index in [4.69, 9.17) is 19.3 Å².